The molecule has 1 aliphatic rings. The summed E-state index contributed by atoms with van der Waals surface area (Å²) in [5.74, 6) is 0. The Morgan fingerprint density at radius 1 is 1.20 bits per heavy atom. The lowest BCUT2D eigenvalue weighted by Crippen LogP contribution is -2.43. The molecule has 7 heteroatoms. The van der Waals surface area contributed by atoms with Crippen molar-refractivity contribution in [2.75, 3.05) is 13.1 Å². The van der Waals surface area contributed by atoms with Crippen molar-refractivity contribution in [2.45, 2.75) is 37.8 Å². The van der Waals surface area contributed by atoms with Crippen molar-refractivity contribution in [2.24, 2.45) is 0 Å². The SMILES string of the molecule is Cc1cc(C)c(S(=O)(=O)N[C@@H]2CNC[C@H]2O)c(C)c1.Cl. The van der Waals surface area contributed by atoms with E-state index >= 15 is 0 Å². The number of aliphatic hydroxyl groups is 1. The first-order valence-electron chi connectivity index (χ1n) is 6.30. The number of rotatable bonds is 3. The lowest BCUT2D eigenvalue weighted by Gasteiger charge is -2.18. The molecule has 114 valence electrons. The third-order valence-electron chi connectivity index (χ3n) is 3.36. The second-order valence-corrected chi connectivity index (χ2v) is 6.83. The van der Waals surface area contributed by atoms with Gasteiger partial charge in [0.2, 0.25) is 10.0 Å². The Bertz CT molecular complexity index is 566. The standard InChI is InChI=1S/C13H20N2O3S.ClH/c1-8-4-9(2)13(10(3)5-8)19(17,18)15-11-6-14-7-12(11)16;/h4-5,11-12,14-16H,6-7H2,1-3H3;1H/t11-,12-;/m1./s1. The van der Waals surface area contributed by atoms with E-state index in [-0.39, 0.29) is 12.4 Å². The predicted octanol–water partition coefficient (Wildman–Crippen LogP) is 0.645. The second kappa shape index (κ2) is 6.41. The molecule has 0 spiro atoms. The van der Waals surface area contributed by atoms with Crippen LogP contribution in [0.15, 0.2) is 17.0 Å². The van der Waals surface area contributed by atoms with Crippen LogP contribution in [0.1, 0.15) is 16.7 Å². The van der Waals surface area contributed by atoms with Gasteiger partial charge in [0, 0.05) is 13.1 Å². The van der Waals surface area contributed by atoms with Crippen LogP contribution in [0.5, 0.6) is 0 Å². The molecule has 1 saturated heterocycles. The van der Waals surface area contributed by atoms with Crippen LogP contribution in [0.2, 0.25) is 0 Å². The molecule has 0 aromatic heterocycles. The van der Waals surface area contributed by atoms with E-state index in [0.29, 0.717) is 18.0 Å². The van der Waals surface area contributed by atoms with Crippen LogP contribution in [0.3, 0.4) is 0 Å². The fourth-order valence-electron chi connectivity index (χ4n) is 2.63. The van der Waals surface area contributed by atoms with Crippen LogP contribution in [-0.4, -0.2) is 38.8 Å². The van der Waals surface area contributed by atoms with Gasteiger partial charge in [-0.05, 0) is 31.9 Å². The molecule has 2 rings (SSSR count). The van der Waals surface area contributed by atoms with Gasteiger partial charge in [0.25, 0.3) is 0 Å². The average molecular weight is 321 g/mol. The average Bonchev–Trinajstić information content (AvgIpc) is 2.61. The van der Waals surface area contributed by atoms with Crippen molar-refractivity contribution < 1.29 is 13.5 Å². The van der Waals surface area contributed by atoms with Crippen molar-refractivity contribution in [3.63, 3.8) is 0 Å². The summed E-state index contributed by atoms with van der Waals surface area (Å²) in [5, 5.41) is 12.6. The number of sulfonamides is 1. The van der Waals surface area contributed by atoms with Crippen molar-refractivity contribution in [3.05, 3.63) is 28.8 Å². The van der Waals surface area contributed by atoms with Gasteiger partial charge in [-0.15, -0.1) is 12.4 Å². The fraction of sp³-hybridized carbons (Fsp3) is 0.538. The maximum absolute atomic E-state index is 12.4. The Balaban J connectivity index is 0.00000200. The Morgan fingerprint density at radius 3 is 2.20 bits per heavy atom. The number of nitrogens with one attached hydrogen (secondary N) is 2. The van der Waals surface area contributed by atoms with E-state index in [1.165, 1.54) is 0 Å². The topological polar surface area (TPSA) is 78.4 Å². The lowest BCUT2D eigenvalue weighted by molar-refractivity contribution is 0.172. The van der Waals surface area contributed by atoms with Crippen molar-refractivity contribution in [1.29, 1.82) is 0 Å². The number of β-amino-alcohol motifs (C(OH)–C–C–N with tert-alkyl or cyclic N) is 1. The molecule has 20 heavy (non-hydrogen) atoms. The van der Waals surface area contributed by atoms with E-state index in [1.807, 2.05) is 19.1 Å². The van der Waals surface area contributed by atoms with Crippen molar-refractivity contribution >= 4 is 22.4 Å². The van der Waals surface area contributed by atoms with E-state index in [9.17, 15) is 13.5 Å². The highest BCUT2D eigenvalue weighted by molar-refractivity contribution is 7.89. The highest BCUT2D eigenvalue weighted by Crippen LogP contribution is 2.22. The smallest absolute Gasteiger partial charge is 0.241 e. The van der Waals surface area contributed by atoms with Gasteiger partial charge in [-0.3, -0.25) is 0 Å². The van der Waals surface area contributed by atoms with Gasteiger partial charge >= 0.3 is 0 Å². The molecule has 0 unspecified atom stereocenters. The molecule has 1 fully saturated rings. The first-order chi connectivity index (χ1) is 8.81. The second-order valence-electron chi connectivity index (χ2n) is 5.18. The van der Waals surface area contributed by atoms with Gasteiger partial charge < -0.3 is 10.4 Å². The van der Waals surface area contributed by atoms with Crippen molar-refractivity contribution in [3.8, 4) is 0 Å². The molecular weight excluding hydrogens is 300 g/mol. The molecule has 5 nitrogen and oxygen atoms in total. The number of hydrogen-bond donors (Lipinski definition) is 3. The summed E-state index contributed by atoms with van der Waals surface area (Å²) in [7, 11) is -3.60. The van der Waals surface area contributed by atoms with Gasteiger partial charge in [-0.25, -0.2) is 13.1 Å². The lowest BCUT2D eigenvalue weighted by atomic mass is 10.1. The van der Waals surface area contributed by atoms with Crippen LogP contribution in [0.4, 0.5) is 0 Å². The maximum atomic E-state index is 12.4. The minimum absolute atomic E-state index is 0. The Hall–Kier alpha value is -0.660. The van der Waals surface area contributed by atoms with Crippen LogP contribution in [0.25, 0.3) is 0 Å². The fourth-order valence-corrected chi connectivity index (χ4v) is 4.36. The van der Waals surface area contributed by atoms with E-state index in [4.69, 9.17) is 0 Å². The largest absolute Gasteiger partial charge is 0.390 e. The minimum atomic E-state index is -3.60. The van der Waals surface area contributed by atoms with Gasteiger partial charge in [0.1, 0.15) is 0 Å². The zero-order valence-electron chi connectivity index (χ0n) is 11.8. The van der Waals surface area contributed by atoms with E-state index < -0.39 is 22.2 Å². The quantitative estimate of drug-likeness (QED) is 0.764. The van der Waals surface area contributed by atoms with Gasteiger partial charge in [0.15, 0.2) is 0 Å². The molecule has 1 heterocycles. The minimum Gasteiger partial charge on any atom is -0.390 e. The molecule has 1 aromatic rings. The van der Waals surface area contributed by atoms with Crippen LogP contribution in [-0.2, 0) is 10.0 Å². The molecule has 0 bridgehead atoms. The van der Waals surface area contributed by atoms with Gasteiger partial charge in [-0.1, -0.05) is 17.7 Å². The summed E-state index contributed by atoms with van der Waals surface area (Å²) in [6.45, 7) is 6.38. The predicted molar refractivity (Wildman–Crippen MR) is 80.9 cm³/mol. The van der Waals surface area contributed by atoms with E-state index in [1.54, 1.807) is 13.8 Å². The first kappa shape index (κ1) is 17.4. The molecule has 0 amide bonds. The summed E-state index contributed by atoms with van der Waals surface area (Å²) in [6, 6.07) is 3.24. The van der Waals surface area contributed by atoms with E-state index in [2.05, 4.69) is 10.0 Å². The monoisotopic (exact) mass is 320 g/mol. The van der Waals surface area contributed by atoms with Crippen LogP contribution >= 0.6 is 12.4 Å². The van der Waals surface area contributed by atoms with Crippen molar-refractivity contribution in [1.82, 2.24) is 10.0 Å². The Morgan fingerprint density at radius 2 is 1.75 bits per heavy atom. The summed E-state index contributed by atoms with van der Waals surface area (Å²) < 4.78 is 27.5. The number of benzene rings is 1. The normalized spacial score (nSPS) is 22.6. The summed E-state index contributed by atoms with van der Waals surface area (Å²) >= 11 is 0. The molecule has 0 saturated carbocycles. The molecule has 0 aliphatic carbocycles. The summed E-state index contributed by atoms with van der Waals surface area (Å²) in [6.07, 6.45) is -0.680. The molecule has 3 N–H and O–H groups in total. The number of halogens is 1. The third-order valence-corrected chi connectivity index (χ3v) is 5.16. The number of hydrogen-bond acceptors (Lipinski definition) is 4. The molecular formula is C13H21ClN2O3S. The molecule has 1 aromatic carbocycles. The highest BCUT2D eigenvalue weighted by Gasteiger charge is 2.31. The van der Waals surface area contributed by atoms with Gasteiger partial charge in [0.05, 0.1) is 17.0 Å². The third kappa shape index (κ3) is 3.51. The first-order valence-corrected chi connectivity index (χ1v) is 7.78. The Labute approximate surface area is 126 Å². The zero-order valence-corrected chi connectivity index (χ0v) is 13.4. The molecule has 2 atom stereocenters. The van der Waals surface area contributed by atoms with Gasteiger partial charge in [-0.2, -0.15) is 0 Å². The van der Waals surface area contributed by atoms with Crippen LogP contribution in [0, 0.1) is 20.8 Å². The zero-order chi connectivity index (χ0) is 14.2. The highest BCUT2D eigenvalue weighted by atomic mass is 35.5. The van der Waals surface area contributed by atoms with Crippen LogP contribution < -0.4 is 10.0 Å². The Kier molecular flexibility index (Phi) is 5.57. The molecule has 1 aliphatic heterocycles. The summed E-state index contributed by atoms with van der Waals surface area (Å²) in [4.78, 5) is 0.317. The van der Waals surface area contributed by atoms with E-state index in [0.717, 1.165) is 16.7 Å². The summed E-state index contributed by atoms with van der Waals surface area (Å²) in [5.41, 5.74) is 2.49. The number of aryl methyl sites for hydroxylation is 3. The molecule has 0 radical (unpaired) electrons. The maximum Gasteiger partial charge on any atom is 0.241 e. The number of aliphatic hydroxyl groups excluding tert-OH is 1.